The first kappa shape index (κ1) is 24.5. The molecule has 2 fully saturated rings. The highest BCUT2D eigenvalue weighted by Crippen LogP contribution is 2.47. The van der Waals surface area contributed by atoms with Gasteiger partial charge in [0.2, 0.25) is 5.91 Å². The van der Waals surface area contributed by atoms with E-state index in [1.54, 1.807) is 24.3 Å². The Balaban J connectivity index is 1.25. The molecule has 2 heterocycles. The van der Waals surface area contributed by atoms with Gasteiger partial charge in [-0.25, -0.2) is 9.18 Å². The summed E-state index contributed by atoms with van der Waals surface area (Å²) in [6.45, 7) is -0.216. The van der Waals surface area contributed by atoms with Gasteiger partial charge in [-0.1, -0.05) is 31.4 Å². The molecule has 0 unspecified atom stereocenters. The van der Waals surface area contributed by atoms with Crippen LogP contribution in [0, 0.1) is 5.82 Å². The zero-order valence-electron chi connectivity index (χ0n) is 20.0. The standard InChI is InChI=1S/C27H32FN3O5/c28-21-8-4-5-9-22(21)31-27(34)30-17-10-11-23-19(12-17)20-13-18(35-24(15-32)26(20)36-23)14-25(33)29-16-6-2-1-3-7-16/h4-5,8-12,16,18,20,24,26,32H,1-3,6-7,13-15H2,(H,29,33)(H2,30,31,34)/t18-,20+,24+,26-/m1/s1. The largest absolute Gasteiger partial charge is 0.487 e. The molecular formula is C27H32FN3O5. The van der Waals surface area contributed by atoms with Crippen LogP contribution in [-0.2, 0) is 9.53 Å². The van der Waals surface area contributed by atoms with Crippen LogP contribution in [0.5, 0.6) is 5.75 Å². The van der Waals surface area contributed by atoms with Crippen molar-refractivity contribution in [2.45, 2.75) is 75.2 Å². The minimum atomic E-state index is -0.562. The van der Waals surface area contributed by atoms with Crippen LogP contribution in [-0.4, -0.2) is 48.0 Å². The number of carbonyl (C=O) groups excluding carboxylic acids is 2. The first-order chi connectivity index (χ1) is 17.5. The number of hydrogen-bond acceptors (Lipinski definition) is 5. The highest BCUT2D eigenvalue weighted by Gasteiger charge is 2.46. The van der Waals surface area contributed by atoms with Crippen molar-refractivity contribution in [2.75, 3.05) is 17.2 Å². The molecule has 1 saturated heterocycles. The molecule has 3 amide bonds. The van der Waals surface area contributed by atoms with E-state index in [2.05, 4.69) is 16.0 Å². The zero-order valence-corrected chi connectivity index (χ0v) is 20.0. The second-order valence-electron chi connectivity index (χ2n) is 9.82. The Morgan fingerprint density at radius 1 is 1.06 bits per heavy atom. The van der Waals surface area contributed by atoms with Crippen LogP contribution in [0.1, 0.15) is 56.4 Å². The number of fused-ring (bicyclic) bond motifs is 3. The highest BCUT2D eigenvalue weighted by molar-refractivity contribution is 5.99. The maximum absolute atomic E-state index is 13.9. The van der Waals surface area contributed by atoms with E-state index in [0.717, 1.165) is 31.2 Å². The molecule has 2 aromatic rings. The van der Waals surface area contributed by atoms with Crippen molar-refractivity contribution in [2.24, 2.45) is 0 Å². The topological polar surface area (TPSA) is 109 Å². The van der Waals surface area contributed by atoms with Crippen molar-refractivity contribution in [3.05, 3.63) is 53.8 Å². The van der Waals surface area contributed by atoms with Gasteiger partial charge < -0.3 is 30.5 Å². The Kier molecular flexibility index (Phi) is 7.38. The number of ether oxygens (including phenoxy) is 2. The van der Waals surface area contributed by atoms with Gasteiger partial charge >= 0.3 is 6.03 Å². The van der Waals surface area contributed by atoms with Crippen LogP contribution in [0.3, 0.4) is 0 Å². The zero-order chi connectivity index (χ0) is 25.1. The maximum atomic E-state index is 13.9. The van der Waals surface area contributed by atoms with E-state index in [1.165, 1.54) is 18.6 Å². The molecule has 0 aromatic heterocycles. The predicted molar refractivity (Wildman–Crippen MR) is 133 cm³/mol. The number of amides is 3. The van der Waals surface area contributed by atoms with Crippen LogP contribution in [0.2, 0.25) is 0 Å². The average molecular weight is 498 g/mol. The van der Waals surface area contributed by atoms with E-state index in [4.69, 9.17) is 9.47 Å². The summed E-state index contributed by atoms with van der Waals surface area (Å²) in [5.41, 5.74) is 1.51. The Morgan fingerprint density at radius 2 is 1.86 bits per heavy atom. The molecule has 1 saturated carbocycles. The lowest BCUT2D eigenvalue weighted by Gasteiger charge is -2.37. The molecule has 1 aliphatic carbocycles. The molecule has 4 N–H and O–H groups in total. The molecule has 9 heteroatoms. The molecule has 4 atom stereocenters. The fourth-order valence-electron chi connectivity index (χ4n) is 5.55. The third-order valence-corrected chi connectivity index (χ3v) is 7.26. The van der Waals surface area contributed by atoms with E-state index in [1.807, 2.05) is 6.07 Å². The number of halogens is 1. The summed E-state index contributed by atoms with van der Waals surface area (Å²) in [7, 11) is 0. The number of hydrogen-bond donors (Lipinski definition) is 4. The maximum Gasteiger partial charge on any atom is 0.323 e. The fourth-order valence-corrected chi connectivity index (χ4v) is 5.55. The first-order valence-electron chi connectivity index (χ1n) is 12.7. The lowest BCUT2D eigenvalue weighted by atomic mass is 9.84. The number of aliphatic hydroxyl groups excluding tert-OH is 1. The summed E-state index contributed by atoms with van der Waals surface area (Å²) in [6, 6.07) is 10.9. The molecule has 2 aliphatic heterocycles. The quantitative estimate of drug-likeness (QED) is 0.476. The number of urea groups is 1. The van der Waals surface area contributed by atoms with Gasteiger partial charge in [0.05, 0.1) is 24.8 Å². The molecule has 192 valence electrons. The summed E-state index contributed by atoms with van der Waals surface area (Å²) in [5, 5.41) is 18.4. The van der Waals surface area contributed by atoms with Gasteiger partial charge in [-0.05, 0) is 49.6 Å². The van der Waals surface area contributed by atoms with Crippen molar-refractivity contribution >= 4 is 23.3 Å². The second kappa shape index (κ2) is 10.8. The summed E-state index contributed by atoms with van der Waals surface area (Å²) < 4.78 is 26.0. The van der Waals surface area contributed by atoms with Gasteiger partial charge in [0, 0.05) is 23.2 Å². The summed E-state index contributed by atoms with van der Waals surface area (Å²) in [6.07, 6.45) is 5.07. The Bertz CT molecular complexity index is 1110. The van der Waals surface area contributed by atoms with Crippen molar-refractivity contribution in [1.82, 2.24) is 5.32 Å². The van der Waals surface area contributed by atoms with Gasteiger partial charge in [0.15, 0.2) is 0 Å². The molecule has 0 spiro atoms. The van der Waals surface area contributed by atoms with Gasteiger partial charge in [-0.3, -0.25) is 4.79 Å². The van der Waals surface area contributed by atoms with Gasteiger partial charge in [0.1, 0.15) is 23.8 Å². The fraction of sp³-hybridized carbons (Fsp3) is 0.481. The van der Waals surface area contributed by atoms with E-state index in [-0.39, 0.29) is 48.8 Å². The number of aliphatic hydroxyl groups is 1. The van der Waals surface area contributed by atoms with Gasteiger partial charge in [-0.15, -0.1) is 0 Å². The van der Waals surface area contributed by atoms with Crippen LogP contribution in [0.25, 0.3) is 0 Å². The number of rotatable bonds is 6. The average Bonchev–Trinajstić information content (AvgIpc) is 3.23. The Labute approximate surface area is 209 Å². The monoisotopic (exact) mass is 497 g/mol. The SMILES string of the molecule is O=C(C[C@H]1C[C@H]2c3cc(NC(=O)Nc4ccccc4F)ccc3O[C@H]2[C@H](CO)O1)NC1CCCCC1. The highest BCUT2D eigenvalue weighted by atomic mass is 19.1. The molecule has 3 aliphatic rings. The minimum absolute atomic E-state index is 0.0265. The van der Waals surface area contributed by atoms with E-state index >= 15 is 0 Å². The van der Waals surface area contributed by atoms with Crippen molar-refractivity contribution in [3.8, 4) is 5.75 Å². The molecule has 2 aromatic carbocycles. The van der Waals surface area contributed by atoms with E-state index < -0.39 is 18.0 Å². The number of carbonyl (C=O) groups is 2. The molecule has 0 radical (unpaired) electrons. The van der Waals surface area contributed by atoms with Crippen molar-refractivity contribution in [1.29, 1.82) is 0 Å². The van der Waals surface area contributed by atoms with Crippen LogP contribution in [0.4, 0.5) is 20.6 Å². The number of para-hydroxylation sites is 1. The van der Waals surface area contributed by atoms with Gasteiger partial charge in [-0.2, -0.15) is 0 Å². The second-order valence-corrected chi connectivity index (χ2v) is 9.82. The smallest absolute Gasteiger partial charge is 0.323 e. The van der Waals surface area contributed by atoms with Crippen molar-refractivity contribution in [3.63, 3.8) is 0 Å². The lowest BCUT2D eigenvalue weighted by Crippen LogP contribution is -2.48. The number of benzene rings is 2. The molecule has 36 heavy (non-hydrogen) atoms. The van der Waals surface area contributed by atoms with E-state index in [0.29, 0.717) is 17.9 Å². The van der Waals surface area contributed by atoms with Crippen LogP contribution in [0.15, 0.2) is 42.5 Å². The molecule has 0 bridgehead atoms. The van der Waals surface area contributed by atoms with Gasteiger partial charge in [0.25, 0.3) is 0 Å². The number of anilines is 2. The third kappa shape index (κ3) is 5.47. The van der Waals surface area contributed by atoms with Crippen LogP contribution >= 0.6 is 0 Å². The van der Waals surface area contributed by atoms with Crippen molar-refractivity contribution < 1.29 is 28.6 Å². The summed E-state index contributed by atoms with van der Waals surface area (Å²) >= 11 is 0. The minimum Gasteiger partial charge on any atom is -0.487 e. The molecular weight excluding hydrogens is 465 g/mol. The third-order valence-electron chi connectivity index (χ3n) is 7.26. The summed E-state index contributed by atoms with van der Waals surface area (Å²) in [5.74, 6) is 0.0317. The normalized spacial score (nSPS) is 25.3. The van der Waals surface area contributed by atoms with Crippen LogP contribution < -0.4 is 20.7 Å². The van der Waals surface area contributed by atoms with E-state index in [9.17, 15) is 19.1 Å². The Morgan fingerprint density at radius 3 is 2.64 bits per heavy atom. The first-order valence-corrected chi connectivity index (χ1v) is 12.7. The molecule has 8 nitrogen and oxygen atoms in total. The number of nitrogens with one attached hydrogen (secondary N) is 3. The predicted octanol–water partition coefficient (Wildman–Crippen LogP) is 4.30. The molecule has 5 rings (SSSR count). The summed E-state index contributed by atoms with van der Waals surface area (Å²) in [4.78, 5) is 25.1. The lowest BCUT2D eigenvalue weighted by molar-refractivity contribution is -0.142. The Hall–Kier alpha value is -3.17.